The van der Waals surface area contributed by atoms with Crippen molar-refractivity contribution in [1.82, 2.24) is 14.9 Å². The van der Waals surface area contributed by atoms with Gasteiger partial charge in [-0.15, -0.1) is 11.8 Å². The van der Waals surface area contributed by atoms with E-state index in [1.54, 1.807) is 18.3 Å². The maximum absolute atomic E-state index is 13.0. The molecular weight excluding hydrogens is 404 g/mol. The maximum atomic E-state index is 13.0. The first-order chi connectivity index (χ1) is 14.5. The number of aromatic carboxylic acids is 1. The number of ether oxygens (including phenoxy) is 1. The van der Waals surface area contributed by atoms with Crippen molar-refractivity contribution in [2.24, 2.45) is 0 Å². The lowest BCUT2D eigenvalue weighted by atomic mass is 9.89. The molecule has 30 heavy (non-hydrogen) atoms. The van der Waals surface area contributed by atoms with Crippen LogP contribution in [0.25, 0.3) is 0 Å². The molecule has 158 valence electrons. The highest BCUT2D eigenvalue weighted by atomic mass is 32.2. The van der Waals surface area contributed by atoms with Crippen LogP contribution in [0.5, 0.6) is 0 Å². The van der Waals surface area contributed by atoms with Gasteiger partial charge in [-0.3, -0.25) is 4.79 Å². The summed E-state index contributed by atoms with van der Waals surface area (Å²) in [4.78, 5) is 36.5. The molecule has 2 aromatic rings. The third-order valence-electron chi connectivity index (χ3n) is 5.73. The van der Waals surface area contributed by atoms with E-state index in [0.717, 1.165) is 23.6 Å². The molecule has 4 rings (SSSR count). The lowest BCUT2D eigenvalue weighted by Gasteiger charge is -2.48. The summed E-state index contributed by atoms with van der Waals surface area (Å²) < 4.78 is 6.19. The zero-order valence-corrected chi connectivity index (χ0v) is 17.6. The number of carboxylic acids is 1. The normalized spacial score (nSPS) is 18.4. The summed E-state index contributed by atoms with van der Waals surface area (Å²) in [6.45, 7) is 3.16. The summed E-state index contributed by atoms with van der Waals surface area (Å²) in [5.41, 5.74) is 1.18. The Hall–Kier alpha value is -2.65. The molecule has 9 heteroatoms. The van der Waals surface area contributed by atoms with Gasteiger partial charge in [0, 0.05) is 44.3 Å². The number of hydrogen-bond donors (Lipinski definition) is 1. The molecule has 0 aliphatic carbocycles. The second kappa shape index (κ2) is 8.61. The largest absolute Gasteiger partial charge is 0.477 e. The molecule has 1 N–H and O–H groups in total. The Kier molecular flexibility index (Phi) is 5.92. The third-order valence-corrected chi connectivity index (χ3v) is 6.45. The number of carbonyl (C=O) groups excluding carboxylic acids is 1. The Morgan fingerprint density at radius 2 is 1.97 bits per heavy atom. The molecule has 1 amide bonds. The number of likely N-dealkylation sites (tertiary alicyclic amines) is 1. The zero-order chi connectivity index (χ0) is 21.1. The fraction of sp³-hybridized carbons (Fsp3) is 0.429. The zero-order valence-electron chi connectivity index (χ0n) is 16.8. The van der Waals surface area contributed by atoms with Crippen LogP contribution in [-0.2, 0) is 4.74 Å². The number of nitrogens with zero attached hydrogens (tertiary/aromatic N) is 4. The van der Waals surface area contributed by atoms with Gasteiger partial charge in [-0.1, -0.05) is 0 Å². The molecule has 0 atom stereocenters. The first kappa shape index (κ1) is 20.6. The molecule has 0 unspecified atom stereocenters. The van der Waals surface area contributed by atoms with Crippen molar-refractivity contribution in [2.75, 3.05) is 43.9 Å². The number of morpholine rings is 1. The smallest absolute Gasteiger partial charge is 0.354 e. The van der Waals surface area contributed by atoms with E-state index in [1.807, 2.05) is 23.3 Å². The Morgan fingerprint density at radius 1 is 1.17 bits per heavy atom. The summed E-state index contributed by atoms with van der Waals surface area (Å²) in [5.74, 6) is -1.03. The van der Waals surface area contributed by atoms with E-state index in [2.05, 4.69) is 14.9 Å². The molecule has 1 spiro atoms. The van der Waals surface area contributed by atoms with Crippen LogP contribution in [0.3, 0.4) is 0 Å². The summed E-state index contributed by atoms with van der Waals surface area (Å²) in [6.07, 6.45) is 6.62. The van der Waals surface area contributed by atoms with Crippen molar-refractivity contribution in [2.45, 2.75) is 23.5 Å². The van der Waals surface area contributed by atoms with Gasteiger partial charge < -0.3 is 19.6 Å². The fourth-order valence-electron chi connectivity index (χ4n) is 4.10. The number of rotatable bonds is 4. The number of pyridine rings is 2. The van der Waals surface area contributed by atoms with Crippen LogP contribution < -0.4 is 4.90 Å². The van der Waals surface area contributed by atoms with Gasteiger partial charge in [0.15, 0.2) is 0 Å². The molecular formula is C21H24N4O4S. The summed E-state index contributed by atoms with van der Waals surface area (Å²) in [5, 5.41) is 9.96. The minimum atomic E-state index is -1.04. The minimum absolute atomic E-state index is 0.00944. The van der Waals surface area contributed by atoms with Crippen molar-refractivity contribution >= 4 is 29.3 Å². The van der Waals surface area contributed by atoms with Gasteiger partial charge in [0.25, 0.3) is 5.91 Å². The number of hydrogen-bond acceptors (Lipinski definition) is 7. The number of carboxylic acid groups (broad SMARTS) is 1. The maximum Gasteiger partial charge on any atom is 0.354 e. The van der Waals surface area contributed by atoms with E-state index in [1.165, 1.54) is 18.0 Å². The lowest BCUT2D eigenvalue weighted by Crippen LogP contribution is -2.57. The topological polar surface area (TPSA) is 95.9 Å². The van der Waals surface area contributed by atoms with Crippen LogP contribution in [-0.4, -0.2) is 76.5 Å². The molecule has 0 saturated carbocycles. The van der Waals surface area contributed by atoms with Gasteiger partial charge in [-0.25, -0.2) is 14.8 Å². The Balaban J connectivity index is 1.44. The van der Waals surface area contributed by atoms with E-state index in [-0.39, 0.29) is 17.2 Å². The summed E-state index contributed by atoms with van der Waals surface area (Å²) in [6, 6.07) is 7.05. The van der Waals surface area contributed by atoms with E-state index in [9.17, 15) is 14.7 Å². The highest BCUT2D eigenvalue weighted by Gasteiger charge is 2.41. The first-order valence-electron chi connectivity index (χ1n) is 9.88. The predicted octanol–water partition coefficient (Wildman–Crippen LogP) is 2.41. The van der Waals surface area contributed by atoms with Crippen molar-refractivity contribution in [3.63, 3.8) is 0 Å². The van der Waals surface area contributed by atoms with E-state index in [4.69, 9.17) is 4.74 Å². The third kappa shape index (κ3) is 4.13. The number of amides is 1. The molecule has 0 bridgehead atoms. The number of piperidine rings is 1. The average Bonchev–Trinajstić information content (AvgIpc) is 2.79. The van der Waals surface area contributed by atoms with Crippen LogP contribution in [0.15, 0.2) is 41.7 Å². The Labute approximate surface area is 179 Å². The van der Waals surface area contributed by atoms with Crippen molar-refractivity contribution < 1.29 is 19.4 Å². The molecule has 0 radical (unpaired) electrons. The number of thioether (sulfide) groups is 1. The van der Waals surface area contributed by atoms with Gasteiger partial charge in [-0.05, 0) is 43.4 Å². The number of anilines is 1. The van der Waals surface area contributed by atoms with Crippen LogP contribution in [0.4, 0.5) is 5.69 Å². The molecule has 2 fully saturated rings. The van der Waals surface area contributed by atoms with Crippen molar-refractivity contribution in [3.05, 3.63) is 47.9 Å². The quantitative estimate of drug-likeness (QED) is 0.742. The van der Waals surface area contributed by atoms with Crippen LogP contribution in [0.2, 0.25) is 0 Å². The fourth-order valence-corrected chi connectivity index (χ4v) is 4.65. The molecule has 4 heterocycles. The predicted molar refractivity (Wildman–Crippen MR) is 113 cm³/mol. The summed E-state index contributed by atoms with van der Waals surface area (Å²) >= 11 is 1.47. The van der Waals surface area contributed by atoms with E-state index < -0.39 is 5.97 Å². The van der Waals surface area contributed by atoms with E-state index >= 15 is 0 Å². The van der Waals surface area contributed by atoms with Crippen LogP contribution in [0.1, 0.15) is 33.7 Å². The van der Waals surface area contributed by atoms with Gasteiger partial charge in [0.2, 0.25) is 0 Å². The van der Waals surface area contributed by atoms with Crippen LogP contribution in [0, 0.1) is 0 Å². The Morgan fingerprint density at radius 3 is 2.70 bits per heavy atom. The molecule has 8 nitrogen and oxygen atoms in total. The van der Waals surface area contributed by atoms with Gasteiger partial charge in [-0.2, -0.15) is 0 Å². The molecule has 2 saturated heterocycles. The molecule has 2 aliphatic heterocycles. The first-order valence-corrected chi connectivity index (χ1v) is 11.1. The highest BCUT2D eigenvalue weighted by Crippen LogP contribution is 2.33. The summed E-state index contributed by atoms with van der Waals surface area (Å²) in [7, 11) is 0. The second-order valence-corrected chi connectivity index (χ2v) is 8.30. The van der Waals surface area contributed by atoms with Gasteiger partial charge in [0.05, 0.1) is 17.8 Å². The average molecular weight is 429 g/mol. The monoisotopic (exact) mass is 428 g/mol. The Bertz CT molecular complexity index is 946. The standard InChI is InChI=1S/C21H24N4O4S/c1-30-18-16(3-2-7-23-18)19(26)24-9-5-21(6-10-24)14-25(11-12-29-21)15-4-8-22-17(13-15)20(27)28/h2-4,7-8,13H,5-6,9-12,14H2,1H3,(H,27,28). The SMILES string of the molecule is CSc1ncccc1C(=O)N1CCC2(CC1)CN(c1ccnc(C(=O)O)c1)CCO2. The van der Waals surface area contributed by atoms with Crippen molar-refractivity contribution in [3.8, 4) is 0 Å². The molecule has 2 aliphatic rings. The highest BCUT2D eigenvalue weighted by molar-refractivity contribution is 7.98. The minimum Gasteiger partial charge on any atom is -0.477 e. The molecule has 2 aromatic heterocycles. The van der Waals surface area contributed by atoms with Crippen LogP contribution >= 0.6 is 11.8 Å². The number of carbonyl (C=O) groups is 2. The lowest BCUT2D eigenvalue weighted by molar-refractivity contribution is -0.0869. The second-order valence-electron chi connectivity index (χ2n) is 7.51. The van der Waals surface area contributed by atoms with Crippen molar-refractivity contribution in [1.29, 1.82) is 0 Å². The van der Waals surface area contributed by atoms with E-state index in [0.29, 0.717) is 38.3 Å². The van der Waals surface area contributed by atoms with Gasteiger partial charge in [0.1, 0.15) is 10.7 Å². The van der Waals surface area contributed by atoms with Gasteiger partial charge >= 0.3 is 5.97 Å². The molecule has 0 aromatic carbocycles. The number of aromatic nitrogens is 2.